The second kappa shape index (κ2) is 4.08. The molecule has 2 heterocycles. The molecule has 0 radical (unpaired) electrons. The predicted molar refractivity (Wildman–Crippen MR) is 54.6 cm³/mol. The zero-order chi connectivity index (χ0) is 10.8. The number of aliphatic hydroxyl groups is 1. The first-order valence-electron chi connectivity index (χ1n) is 4.56. The van der Waals surface area contributed by atoms with Crippen LogP contribution >= 0.6 is 11.3 Å². The van der Waals surface area contributed by atoms with Crippen molar-refractivity contribution in [1.82, 2.24) is 15.1 Å². The molecular weight excluding hydrogens is 214 g/mol. The van der Waals surface area contributed by atoms with Crippen molar-refractivity contribution in [3.8, 4) is 0 Å². The lowest BCUT2D eigenvalue weighted by atomic mass is 10.4. The maximum Gasteiger partial charge on any atom is 0.255 e. The van der Waals surface area contributed by atoms with Gasteiger partial charge in [0, 0.05) is 11.1 Å². The standard InChI is InChI=1S/C9H11N3O2S/c1-5-4-15-8(10-5)3-7-11-9(6(2)13)14-12-7/h4,6,13H,3H2,1-2H3/t6-/m0/s1. The number of rotatable bonds is 3. The average molecular weight is 225 g/mol. The van der Waals surface area contributed by atoms with Gasteiger partial charge in [-0.1, -0.05) is 5.16 Å². The summed E-state index contributed by atoms with van der Waals surface area (Å²) in [5.41, 5.74) is 0.995. The fraction of sp³-hybridized carbons (Fsp3) is 0.444. The minimum atomic E-state index is -0.718. The molecule has 0 aromatic carbocycles. The van der Waals surface area contributed by atoms with Crippen molar-refractivity contribution in [1.29, 1.82) is 0 Å². The molecule has 6 heteroatoms. The summed E-state index contributed by atoms with van der Waals surface area (Å²) in [6.45, 7) is 3.53. The molecule has 0 spiro atoms. The van der Waals surface area contributed by atoms with Gasteiger partial charge in [0.1, 0.15) is 11.1 Å². The summed E-state index contributed by atoms with van der Waals surface area (Å²) in [4.78, 5) is 8.35. The summed E-state index contributed by atoms with van der Waals surface area (Å²) in [5.74, 6) is 0.804. The van der Waals surface area contributed by atoms with E-state index in [2.05, 4.69) is 15.1 Å². The van der Waals surface area contributed by atoms with E-state index in [1.165, 1.54) is 0 Å². The van der Waals surface area contributed by atoms with Crippen molar-refractivity contribution in [2.24, 2.45) is 0 Å². The molecule has 15 heavy (non-hydrogen) atoms. The highest BCUT2D eigenvalue weighted by atomic mass is 32.1. The molecule has 0 bridgehead atoms. The van der Waals surface area contributed by atoms with E-state index < -0.39 is 6.10 Å². The van der Waals surface area contributed by atoms with E-state index in [1.54, 1.807) is 18.3 Å². The molecule has 1 atom stereocenters. The van der Waals surface area contributed by atoms with Gasteiger partial charge in [-0.3, -0.25) is 0 Å². The quantitative estimate of drug-likeness (QED) is 0.856. The van der Waals surface area contributed by atoms with Crippen molar-refractivity contribution < 1.29 is 9.63 Å². The van der Waals surface area contributed by atoms with Crippen LogP contribution in [0.5, 0.6) is 0 Å². The van der Waals surface area contributed by atoms with Gasteiger partial charge in [0.05, 0.1) is 6.42 Å². The van der Waals surface area contributed by atoms with Crippen molar-refractivity contribution in [3.63, 3.8) is 0 Å². The highest BCUT2D eigenvalue weighted by Gasteiger charge is 2.12. The van der Waals surface area contributed by atoms with E-state index in [9.17, 15) is 5.11 Å². The Balaban J connectivity index is 2.11. The van der Waals surface area contributed by atoms with Crippen molar-refractivity contribution >= 4 is 11.3 Å². The Kier molecular flexibility index (Phi) is 2.79. The summed E-state index contributed by atoms with van der Waals surface area (Å²) in [5, 5.41) is 15.9. The van der Waals surface area contributed by atoms with Gasteiger partial charge in [-0.05, 0) is 13.8 Å². The Morgan fingerprint density at radius 3 is 2.87 bits per heavy atom. The van der Waals surface area contributed by atoms with Gasteiger partial charge < -0.3 is 9.63 Å². The molecule has 0 saturated carbocycles. The summed E-state index contributed by atoms with van der Waals surface area (Å²) < 4.78 is 4.87. The van der Waals surface area contributed by atoms with Gasteiger partial charge >= 0.3 is 0 Å². The molecule has 2 aromatic rings. The van der Waals surface area contributed by atoms with Gasteiger partial charge in [0.15, 0.2) is 5.82 Å². The molecule has 0 saturated heterocycles. The lowest BCUT2D eigenvalue weighted by Crippen LogP contribution is -1.93. The summed E-state index contributed by atoms with van der Waals surface area (Å²) >= 11 is 1.57. The first kappa shape index (κ1) is 10.3. The molecule has 0 aliphatic carbocycles. The normalized spacial score (nSPS) is 13.0. The fourth-order valence-electron chi connectivity index (χ4n) is 1.13. The first-order valence-corrected chi connectivity index (χ1v) is 5.44. The van der Waals surface area contributed by atoms with Crippen molar-refractivity contribution in [3.05, 3.63) is 27.8 Å². The van der Waals surface area contributed by atoms with Crippen LogP contribution in [0.3, 0.4) is 0 Å². The largest absolute Gasteiger partial charge is 0.384 e. The number of hydrogen-bond acceptors (Lipinski definition) is 6. The molecule has 80 valence electrons. The third kappa shape index (κ3) is 2.40. The van der Waals surface area contributed by atoms with Crippen LogP contribution < -0.4 is 0 Å². The summed E-state index contributed by atoms with van der Waals surface area (Å²) in [6, 6.07) is 0. The Bertz CT molecular complexity index is 450. The SMILES string of the molecule is Cc1csc(Cc2noc([C@H](C)O)n2)n1. The number of hydrogen-bond donors (Lipinski definition) is 1. The van der Waals surface area contributed by atoms with Gasteiger partial charge in [-0.15, -0.1) is 11.3 Å². The Morgan fingerprint density at radius 1 is 1.53 bits per heavy atom. The summed E-state index contributed by atoms with van der Waals surface area (Å²) in [6.07, 6.45) is -0.168. The lowest BCUT2D eigenvalue weighted by molar-refractivity contribution is 0.151. The number of aliphatic hydroxyl groups excluding tert-OH is 1. The number of nitrogens with zero attached hydrogens (tertiary/aromatic N) is 3. The van der Waals surface area contributed by atoms with E-state index in [-0.39, 0.29) is 5.89 Å². The van der Waals surface area contributed by atoms with Crippen LogP contribution in [0.4, 0.5) is 0 Å². The molecular formula is C9H11N3O2S. The first-order chi connectivity index (χ1) is 7.15. The molecule has 2 rings (SSSR count). The highest BCUT2D eigenvalue weighted by molar-refractivity contribution is 7.09. The van der Waals surface area contributed by atoms with Crippen molar-refractivity contribution in [2.45, 2.75) is 26.4 Å². The lowest BCUT2D eigenvalue weighted by Gasteiger charge is -1.91. The molecule has 0 aliphatic heterocycles. The zero-order valence-electron chi connectivity index (χ0n) is 8.47. The molecule has 2 aromatic heterocycles. The molecule has 1 N–H and O–H groups in total. The minimum Gasteiger partial charge on any atom is -0.384 e. The highest BCUT2D eigenvalue weighted by Crippen LogP contribution is 2.14. The molecule has 0 unspecified atom stereocenters. The van der Waals surface area contributed by atoms with Crippen LogP contribution in [-0.4, -0.2) is 20.2 Å². The molecule has 0 amide bonds. The average Bonchev–Trinajstić information content (AvgIpc) is 2.76. The second-order valence-electron chi connectivity index (χ2n) is 3.28. The van der Waals surface area contributed by atoms with Gasteiger partial charge in [0.25, 0.3) is 5.89 Å². The maximum atomic E-state index is 9.20. The van der Waals surface area contributed by atoms with Crippen LogP contribution in [0.15, 0.2) is 9.90 Å². The van der Waals surface area contributed by atoms with Crippen LogP contribution in [0, 0.1) is 6.92 Å². The summed E-state index contributed by atoms with van der Waals surface area (Å²) in [7, 11) is 0. The molecule has 0 fully saturated rings. The van der Waals surface area contributed by atoms with Crippen molar-refractivity contribution in [2.75, 3.05) is 0 Å². The van der Waals surface area contributed by atoms with E-state index in [0.717, 1.165) is 10.7 Å². The monoisotopic (exact) mass is 225 g/mol. The molecule has 0 aliphatic rings. The van der Waals surface area contributed by atoms with Crippen LogP contribution in [0.2, 0.25) is 0 Å². The number of aromatic nitrogens is 3. The van der Waals surface area contributed by atoms with Crippen LogP contribution in [-0.2, 0) is 6.42 Å². The smallest absolute Gasteiger partial charge is 0.255 e. The second-order valence-corrected chi connectivity index (χ2v) is 4.23. The van der Waals surface area contributed by atoms with Crippen LogP contribution in [0.1, 0.15) is 35.4 Å². The van der Waals surface area contributed by atoms with Crippen LogP contribution in [0.25, 0.3) is 0 Å². The Morgan fingerprint density at radius 2 is 2.33 bits per heavy atom. The number of thiazole rings is 1. The van der Waals surface area contributed by atoms with Gasteiger partial charge in [0.2, 0.25) is 0 Å². The third-order valence-electron chi connectivity index (χ3n) is 1.82. The van der Waals surface area contributed by atoms with E-state index >= 15 is 0 Å². The molecule has 5 nitrogen and oxygen atoms in total. The van der Waals surface area contributed by atoms with Gasteiger partial charge in [-0.25, -0.2) is 4.98 Å². The number of aryl methyl sites for hydroxylation is 1. The fourth-order valence-corrected chi connectivity index (χ4v) is 1.90. The van der Waals surface area contributed by atoms with E-state index in [0.29, 0.717) is 12.2 Å². The Labute approximate surface area is 90.8 Å². The van der Waals surface area contributed by atoms with E-state index in [1.807, 2.05) is 12.3 Å². The van der Waals surface area contributed by atoms with E-state index in [4.69, 9.17) is 4.52 Å². The zero-order valence-corrected chi connectivity index (χ0v) is 9.28. The predicted octanol–water partition coefficient (Wildman–Crippen LogP) is 1.48. The third-order valence-corrected chi connectivity index (χ3v) is 2.78. The Hall–Kier alpha value is -1.27. The van der Waals surface area contributed by atoms with Gasteiger partial charge in [-0.2, -0.15) is 4.98 Å². The topological polar surface area (TPSA) is 72.0 Å². The minimum absolute atomic E-state index is 0.248. The maximum absolute atomic E-state index is 9.20.